The van der Waals surface area contributed by atoms with Gasteiger partial charge in [0.15, 0.2) is 18.7 Å². The number of hydrogen-bond acceptors (Lipinski definition) is 11. The molecule has 0 bridgehead atoms. The Bertz CT molecular complexity index is 524. The SMILES string of the molecule is C[C@@H]1O[C@@H](O[C@H]2C(C(=O)O)O[C@H](OCCCCCN)C(O)[C@H]2O)C(O)C(O)[C@H]1O. The van der Waals surface area contributed by atoms with Gasteiger partial charge in [0.25, 0.3) is 0 Å². The molecule has 12 nitrogen and oxygen atoms in total. The summed E-state index contributed by atoms with van der Waals surface area (Å²) in [4.78, 5) is 11.6. The van der Waals surface area contributed by atoms with Crippen molar-refractivity contribution in [2.45, 2.75) is 87.6 Å². The van der Waals surface area contributed by atoms with E-state index in [9.17, 15) is 35.4 Å². The van der Waals surface area contributed by atoms with E-state index >= 15 is 0 Å². The maximum absolute atomic E-state index is 11.6. The zero-order valence-electron chi connectivity index (χ0n) is 16.1. The Hall–Kier alpha value is -0.930. The summed E-state index contributed by atoms with van der Waals surface area (Å²) in [7, 11) is 0. The van der Waals surface area contributed by atoms with Gasteiger partial charge in [0.05, 0.1) is 6.10 Å². The molecule has 2 saturated heterocycles. The van der Waals surface area contributed by atoms with Crippen molar-refractivity contribution in [3.63, 3.8) is 0 Å². The first kappa shape index (κ1) is 24.3. The number of carbonyl (C=O) groups is 1. The van der Waals surface area contributed by atoms with Crippen LogP contribution in [0.3, 0.4) is 0 Å². The standard InChI is InChI=1S/C17H31NO11/c1-7-8(19)9(20)11(22)17(27-7)28-13-10(21)12(23)16(29-14(13)15(24)25)26-6-4-2-3-5-18/h7-14,16-17,19-23H,2-6,18H2,1H3,(H,24,25)/t7-,8-,9?,10+,11?,12?,13+,14?,16-,17-/m0/s1. The molecule has 0 radical (unpaired) electrons. The van der Waals surface area contributed by atoms with Gasteiger partial charge in [-0.25, -0.2) is 4.79 Å². The van der Waals surface area contributed by atoms with Crippen molar-refractivity contribution in [2.24, 2.45) is 5.73 Å². The molecule has 0 aromatic heterocycles. The van der Waals surface area contributed by atoms with E-state index in [-0.39, 0.29) is 6.61 Å². The number of carboxylic acids is 1. The van der Waals surface area contributed by atoms with E-state index in [1.807, 2.05) is 0 Å². The first-order chi connectivity index (χ1) is 13.7. The molecule has 2 aliphatic rings. The minimum atomic E-state index is -1.74. The zero-order valence-corrected chi connectivity index (χ0v) is 16.1. The van der Waals surface area contributed by atoms with E-state index in [4.69, 9.17) is 24.7 Å². The highest BCUT2D eigenvalue weighted by atomic mass is 16.7. The predicted molar refractivity (Wildman–Crippen MR) is 94.4 cm³/mol. The molecule has 0 aliphatic carbocycles. The number of aliphatic hydroxyl groups is 5. The second-order valence-corrected chi connectivity index (χ2v) is 7.25. The first-order valence-electron chi connectivity index (χ1n) is 9.60. The van der Waals surface area contributed by atoms with Gasteiger partial charge in [-0.3, -0.25) is 0 Å². The van der Waals surface area contributed by atoms with Crippen molar-refractivity contribution in [1.82, 2.24) is 0 Å². The topological polar surface area (TPSA) is 201 Å². The molecule has 10 atom stereocenters. The molecule has 2 fully saturated rings. The molecule has 2 aliphatic heterocycles. The van der Waals surface area contributed by atoms with Gasteiger partial charge < -0.3 is 55.3 Å². The molecule has 12 heteroatoms. The molecule has 29 heavy (non-hydrogen) atoms. The third kappa shape index (κ3) is 5.82. The highest BCUT2D eigenvalue weighted by molar-refractivity contribution is 5.73. The number of ether oxygens (including phenoxy) is 4. The average molecular weight is 425 g/mol. The van der Waals surface area contributed by atoms with Crippen LogP contribution in [-0.4, -0.2) is 111 Å². The second-order valence-electron chi connectivity index (χ2n) is 7.25. The highest BCUT2D eigenvalue weighted by Gasteiger charge is 2.52. The molecule has 2 heterocycles. The molecule has 4 unspecified atom stereocenters. The predicted octanol–water partition coefficient (Wildman–Crippen LogP) is -3.12. The molecular formula is C17H31NO11. The average Bonchev–Trinajstić information content (AvgIpc) is 2.68. The number of hydrogen-bond donors (Lipinski definition) is 7. The summed E-state index contributed by atoms with van der Waals surface area (Å²) in [6, 6.07) is 0. The van der Waals surface area contributed by atoms with Crippen LogP contribution in [0.25, 0.3) is 0 Å². The van der Waals surface area contributed by atoms with E-state index < -0.39 is 67.4 Å². The van der Waals surface area contributed by atoms with E-state index in [1.165, 1.54) is 6.92 Å². The molecule has 0 amide bonds. The van der Waals surface area contributed by atoms with Gasteiger partial charge in [-0.2, -0.15) is 0 Å². The minimum Gasteiger partial charge on any atom is -0.479 e. The van der Waals surface area contributed by atoms with Gasteiger partial charge in [-0.1, -0.05) is 0 Å². The van der Waals surface area contributed by atoms with Crippen LogP contribution in [0, 0.1) is 0 Å². The Morgan fingerprint density at radius 1 is 0.897 bits per heavy atom. The van der Waals surface area contributed by atoms with Crippen molar-refractivity contribution in [2.75, 3.05) is 13.2 Å². The fraction of sp³-hybridized carbons (Fsp3) is 0.941. The highest BCUT2D eigenvalue weighted by Crippen LogP contribution is 2.29. The van der Waals surface area contributed by atoms with Crippen molar-refractivity contribution < 1.29 is 54.4 Å². The number of carboxylic acid groups (broad SMARTS) is 1. The van der Waals surface area contributed by atoms with Crippen LogP contribution in [-0.2, 0) is 23.7 Å². The van der Waals surface area contributed by atoms with Crippen LogP contribution in [0.5, 0.6) is 0 Å². The summed E-state index contributed by atoms with van der Waals surface area (Å²) in [6.07, 6.45) is -13.2. The first-order valence-corrected chi connectivity index (χ1v) is 9.60. The fourth-order valence-corrected chi connectivity index (χ4v) is 3.23. The number of aliphatic carboxylic acids is 1. The Morgan fingerprint density at radius 2 is 1.55 bits per heavy atom. The normalized spacial score (nSPS) is 43.3. The van der Waals surface area contributed by atoms with Gasteiger partial charge in [0, 0.05) is 6.61 Å². The molecule has 0 saturated carbocycles. The van der Waals surface area contributed by atoms with E-state index in [1.54, 1.807) is 0 Å². The van der Waals surface area contributed by atoms with Crippen LogP contribution in [0.4, 0.5) is 0 Å². The quantitative estimate of drug-likeness (QED) is 0.183. The summed E-state index contributed by atoms with van der Waals surface area (Å²) in [6.45, 7) is 2.11. The van der Waals surface area contributed by atoms with E-state index in [0.717, 1.165) is 12.8 Å². The van der Waals surface area contributed by atoms with Crippen molar-refractivity contribution >= 4 is 5.97 Å². The lowest BCUT2D eigenvalue weighted by Crippen LogP contribution is -2.64. The zero-order chi connectivity index (χ0) is 21.7. The summed E-state index contributed by atoms with van der Waals surface area (Å²) in [5, 5.41) is 59.8. The van der Waals surface area contributed by atoms with Gasteiger partial charge >= 0.3 is 5.97 Å². The van der Waals surface area contributed by atoms with Crippen molar-refractivity contribution in [3.8, 4) is 0 Å². The molecule has 2 rings (SSSR count). The fourth-order valence-electron chi connectivity index (χ4n) is 3.23. The Labute approximate surface area is 167 Å². The van der Waals surface area contributed by atoms with Crippen molar-refractivity contribution in [1.29, 1.82) is 0 Å². The summed E-state index contributed by atoms with van der Waals surface area (Å²) in [5.41, 5.74) is 5.40. The van der Waals surface area contributed by atoms with Crippen LogP contribution in [0.15, 0.2) is 0 Å². The molecule has 170 valence electrons. The monoisotopic (exact) mass is 425 g/mol. The molecular weight excluding hydrogens is 394 g/mol. The minimum absolute atomic E-state index is 0.165. The largest absolute Gasteiger partial charge is 0.479 e. The number of rotatable bonds is 9. The Kier molecular flexibility index (Phi) is 9.15. The lowest BCUT2D eigenvalue weighted by atomic mass is 9.97. The van der Waals surface area contributed by atoms with Gasteiger partial charge in [-0.15, -0.1) is 0 Å². The number of unbranched alkanes of at least 4 members (excludes halogenated alkanes) is 2. The lowest BCUT2D eigenvalue weighted by Gasteiger charge is -2.45. The van der Waals surface area contributed by atoms with Crippen molar-refractivity contribution in [3.05, 3.63) is 0 Å². The Morgan fingerprint density at radius 3 is 2.17 bits per heavy atom. The summed E-state index contributed by atoms with van der Waals surface area (Å²) < 4.78 is 21.3. The second kappa shape index (κ2) is 10.9. The van der Waals surface area contributed by atoms with Crippen LogP contribution < -0.4 is 5.73 Å². The van der Waals surface area contributed by atoms with E-state index in [2.05, 4.69) is 0 Å². The number of aliphatic hydroxyl groups excluding tert-OH is 5. The lowest BCUT2D eigenvalue weighted by molar-refractivity contribution is -0.351. The Balaban J connectivity index is 2.03. The van der Waals surface area contributed by atoms with E-state index in [0.29, 0.717) is 13.0 Å². The number of nitrogens with two attached hydrogens (primary N) is 1. The van der Waals surface area contributed by atoms with Crippen LogP contribution in [0.1, 0.15) is 26.2 Å². The molecule has 0 aromatic rings. The maximum Gasteiger partial charge on any atom is 0.335 e. The third-order valence-electron chi connectivity index (χ3n) is 5.02. The van der Waals surface area contributed by atoms with Gasteiger partial charge in [-0.05, 0) is 32.7 Å². The summed E-state index contributed by atoms with van der Waals surface area (Å²) in [5.74, 6) is -1.49. The third-order valence-corrected chi connectivity index (χ3v) is 5.02. The summed E-state index contributed by atoms with van der Waals surface area (Å²) >= 11 is 0. The maximum atomic E-state index is 11.6. The van der Waals surface area contributed by atoms with Gasteiger partial charge in [0.2, 0.25) is 0 Å². The van der Waals surface area contributed by atoms with Crippen LogP contribution >= 0.6 is 0 Å². The smallest absolute Gasteiger partial charge is 0.335 e. The molecule has 0 aromatic carbocycles. The van der Waals surface area contributed by atoms with Crippen LogP contribution in [0.2, 0.25) is 0 Å². The van der Waals surface area contributed by atoms with Gasteiger partial charge in [0.1, 0.15) is 36.6 Å². The molecule has 0 spiro atoms. The molecule has 8 N–H and O–H groups in total.